The minimum atomic E-state index is 0.512. The summed E-state index contributed by atoms with van der Waals surface area (Å²) in [6.45, 7) is 7.42. The van der Waals surface area contributed by atoms with Crippen molar-refractivity contribution in [2.24, 2.45) is 5.92 Å². The average molecular weight is 225 g/mol. The van der Waals surface area contributed by atoms with Crippen molar-refractivity contribution in [1.82, 2.24) is 15.5 Å². The molecule has 3 nitrogen and oxygen atoms in total. The van der Waals surface area contributed by atoms with Crippen LogP contribution in [0.1, 0.15) is 49.5 Å². The van der Waals surface area contributed by atoms with Crippen molar-refractivity contribution >= 4 is 11.3 Å². The SMILES string of the molecule is CC(C)NCc1nnc(C(C)C2CC2)s1. The maximum absolute atomic E-state index is 4.28. The summed E-state index contributed by atoms with van der Waals surface area (Å²) in [5.41, 5.74) is 0. The third-order valence-electron chi connectivity index (χ3n) is 2.86. The van der Waals surface area contributed by atoms with Gasteiger partial charge < -0.3 is 5.32 Å². The van der Waals surface area contributed by atoms with Crippen molar-refractivity contribution in [1.29, 1.82) is 0 Å². The Hall–Kier alpha value is -0.480. The summed E-state index contributed by atoms with van der Waals surface area (Å²) in [5.74, 6) is 1.50. The van der Waals surface area contributed by atoms with Crippen LogP contribution < -0.4 is 5.32 Å². The second-order valence-corrected chi connectivity index (χ2v) is 5.79. The molecule has 0 saturated heterocycles. The minimum absolute atomic E-state index is 0.512. The van der Waals surface area contributed by atoms with Gasteiger partial charge in [0.15, 0.2) is 0 Å². The first-order valence-corrected chi connectivity index (χ1v) is 6.54. The maximum Gasteiger partial charge on any atom is 0.131 e. The Morgan fingerprint density at radius 3 is 2.67 bits per heavy atom. The molecule has 0 radical (unpaired) electrons. The molecule has 4 heteroatoms. The zero-order valence-corrected chi connectivity index (χ0v) is 10.5. The summed E-state index contributed by atoms with van der Waals surface area (Å²) in [6.07, 6.45) is 2.75. The number of nitrogens with one attached hydrogen (secondary N) is 1. The topological polar surface area (TPSA) is 37.8 Å². The van der Waals surface area contributed by atoms with Gasteiger partial charge in [-0.2, -0.15) is 0 Å². The van der Waals surface area contributed by atoms with E-state index in [0.29, 0.717) is 12.0 Å². The van der Waals surface area contributed by atoms with Gasteiger partial charge in [-0.1, -0.05) is 32.1 Å². The largest absolute Gasteiger partial charge is 0.308 e. The molecular weight excluding hydrogens is 206 g/mol. The predicted octanol–water partition coefficient (Wildman–Crippen LogP) is 2.55. The van der Waals surface area contributed by atoms with Crippen LogP contribution >= 0.6 is 11.3 Å². The molecule has 1 saturated carbocycles. The van der Waals surface area contributed by atoms with Crippen LogP contribution in [0.2, 0.25) is 0 Å². The smallest absolute Gasteiger partial charge is 0.131 e. The molecule has 0 amide bonds. The van der Waals surface area contributed by atoms with E-state index < -0.39 is 0 Å². The Kier molecular flexibility index (Phi) is 3.36. The van der Waals surface area contributed by atoms with Crippen molar-refractivity contribution in [2.45, 2.75) is 52.1 Å². The molecule has 1 unspecified atom stereocenters. The minimum Gasteiger partial charge on any atom is -0.308 e. The molecule has 1 aromatic heterocycles. The molecule has 84 valence electrons. The number of nitrogens with zero attached hydrogens (tertiary/aromatic N) is 2. The molecule has 0 bridgehead atoms. The van der Waals surface area contributed by atoms with Gasteiger partial charge in [0.25, 0.3) is 0 Å². The third kappa shape index (κ3) is 2.98. The van der Waals surface area contributed by atoms with Gasteiger partial charge in [0.2, 0.25) is 0 Å². The first-order chi connectivity index (χ1) is 7.16. The van der Waals surface area contributed by atoms with Crippen molar-refractivity contribution < 1.29 is 0 Å². The van der Waals surface area contributed by atoms with Gasteiger partial charge in [-0.15, -0.1) is 10.2 Å². The third-order valence-corrected chi connectivity index (χ3v) is 3.99. The highest BCUT2D eigenvalue weighted by molar-refractivity contribution is 7.11. The van der Waals surface area contributed by atoms with E-state index >= 15 is 0 Å². The normalized spacial score (nSPS) is 18.4. The van der Waals surface area contributed by atoms with Gasteiger partial charge in [0, 0.05) is 18.5 Å². The molecule has 0 aliphatic heterocycles. The summed E-state index contributed by atoms with van der Waals surface area (Å²) in [6, 6.07) is 0.512. The van der Waals surface area contributed by atoms with E-state index in [-0.39, 0.29) is 0 Å². The molecule has 1 atom stereocenters. The predicted molar refractivity (Wildman–Crippen MR) is 63.0 cm³/mol. The lowest BCUT2D eigenvalue weighted by molar-refractivity contribution is 0.584. The van der Waals surface area contributed by atoms with Gasteiger partial charge in [-0.3, -0.25) is 0 Å². The fraction of sp³-hybridized carbons (Fsp3) is 0.818. The second kappa shape index (κ2) is 4.58. The Balaban J connectivity index is 1.91. The Bertz CT molecular complexity index is 317. The monoisotopic (exact) mass is 225 g/mol. The molecule has 1 aromatic rings. The van der Waals surface area contributed by atoms with Crippen LogP contribution in [0, 0.1) is 5.92 Å². The first-order valence-electron chi connectivity index (χ1n) is 5.72. The van der Waals surface area contributed by atoms with Gasteiger partial charge in [-0.25, -0.2) is 0 Å². The Labute approximate surface area is 95.3 Å². The lowest BCUT2D eigenvalue weighted by Crippen LogP contribution is -2.21. The van der Waals surface area contributed by atoms with E-state index in [1.165, 1.54) is 17.8 Å². The summed E-state index contributed by atoms with van der Waals surface area (Å²) in [5, 5.41) is 14.2. The number of hydrogen-bond acceptors (Lipinski definition) is 4. The van der Waals surface area contributed by atoms with Crippen molar-refractivity contribution in [3.8, 4) is 0 Å². The van der Waals surface area contributed by atoms with Gasteiger partial charge in [0.05, 0.1) is 0 Å². The van der Waals surface area contributed by atoms with E-state index in [9.17, 15) is 0 Å². The summed E-state index contributed by atoms with van der Waals surface area (Å²) >= 11 is 1.77. The maximum atomic E-state index is 4.28. The molecule has 1 N–H and O–H groups in total. The number of hydrogen-bond donors (Lipinski definition) is 1. The van der Waals surface area contributed by atoms with Gasteiger partial charge in [-0.05, 0) is 18.8 Å². The zero-order chi connectivity index (χ0) is 10.8. The zero-order valence-electron chi connectivity index (χ0n) is 9.66. The second-order valence-electron chi connectivity index (χ2n) is 4.70. The van der Waals surface area contributed by atoms with Crippen LogP contribution in [0.5, 0.6) is 0 Å². The Morgan fingerprint density at radius 2 is 2.07 bits per heavy atom. The van der Waals surface area contributed by atoms with Crippen LogP contribution in [0.4, 0.5) is 0 Å². The van der Waals surface area contributed by atoms with Crippen molar-refractivity contribution in [2.75, 3.05) is 0 Å². The van der Waals surface area contributed by atoms with E-state index in [1.807, 2.05) is 0 Å². The summed E-state index contributed by atoms with van der Waals surface area (Å²) in [4.78, 5) is 0. The molecular formula is C11H19N3S. The fourth-order valence-corrected chi connectivity index (χ4v) is 2.55. The fourth-order valence-electron chi connectivity index (χ4n) is 1.61. The quantitative estimate of drug-likeness (QED) is 0.837. The van der Waals surface area contributed by atoms with E-state index in [4.69, 9.17) is 0 Å². The van der Waals surface area contributed by atoms with Crippen LogP contribution in [0.15, 0.2) is 0 Å². The molecule has 0 spiro atoms. The van der Waals surface area contributed by atoms with E-state index in [1.54, 1.807) is 11.3 Å². The molecule has 1 aliphatic carbocycles. The van der Waals surface area contributed by atoms with Gasteiger partial charge >= 0.3 is 0 Å². The highest BCUT2D eigenvalue weighted by Crippen LogP contribution is 2.42. The molecule has 1 fully saturated rings. The van der Waals surface area contributed by atoms with Crippen LogP contribution in [-0.2, 0) is 6.54 Å². The van der Waals surface area contributed by atoms with Crippen LogP contribution in [0.3, 0.4) is 0 Å². The van der Waals surface area contributed by atoms with Gasteiger partial charge in [0.1, 0.15) is 10.0 Å². The first kappa shape index (κ1) is 11.0. The Morgan fingerprint density at radius 1 is 1.33 bits per heavy atom. The van der Waals surface area contributed by atoms with E-state index in [2.05, 4.69) is 36.3 Å². The lowest BCUT2D eigenvalue weighted by Gasteiger charge is -2.04. The summed E-state index contributed by atoms with van der Waals surface area (Å²) < 4.78 is 0. The highest BCUT2D eigenvalue weighted by atomic mass is 32.1. The van der Waals surface area contributed by atoms with Crippen molar-refractivity contribution in [3.63, 3.8) is 0 Å². The molecule has 1 aliphatic rings. The summed E-state index contributed by atoms with van der Waals surface area (Å²) in [7, 11) is 0. The van der Waals surface area contributed by atoms with Crippen molar-refractivity contribution in [3.05, 3.63) is 10.0 Å². The number of aromatic nitrogens is 2. The molecule has 0 aromatic carbocycles. The highest BCUT2D eigenvalue weighted by Gasteiger charge is 2.31. The molecule has 2 rings (SSSR count). The average Bonchev–Trinajstić information content (AvgIpc) is 2.93. The number of rotatable bonds is 5. The molecule has 15 heavy (non-hydrogen) atoms. The van der Waals surface area contributed by atoms with Crippen LogP contribution in [0.25, 0.3) is 0 Å². The van der Waals surface area contributed by atoms with E-state index in [0.717, 1.165) is 17.5 Å². The lowest BCUT2D eigenvalue weighted by atomic mass is 10.1. The molecule has 1 heterocycles. The van der Waals surface area contributed by atoms with Crippen LogP contribution in [-0.4, -0.2) is 16.2 Å². The standard InChI is InChI=1S/C11H19N3S/c1-7(2)12-6-10-13-14-11(15-10)8(3)9-4-5-9/h7-9,12H,4-6H2,1-3H3.